The molecule has 3 heteroatoms. The zero-order valence-corrected chi connectivity index (χ0v) is 8.08. The van der Waals surface area contributed by atoms with E-state index in [4.69, 9.17) is 4.74 Å². The fraction of sp³-hybridized carbons (Fsp3) is 0.600. The van der Waals surface area contributed by atoms with Crippen molar-refractivity contribution < 1.29 is 4.74 Å². The SMILES string of the molecule is CCc1cc(OC)nc(C2CC2)n1. The lowest BCUT2D eigenvalue weighted by Gasteiger charge is -2.04. The van der Waals surface area contributed by atoms with Gasteiger partial charge in [-0.25, -0.2) is 4.98 Å². The van der Waals surface area contributed by atoms with Crippen molar-refractivity contribution in [2.24, 2.45) is 0 Å². The van der Waals surface area contributed by atoms with Crippen molar-refractivity contribution in [3.05, 3.63) is 17.6 Å². The van der Waals surface area contributed by atoms with Crippen LogP contribution in [0.4, 0.5) is 0 Å². The number of methoxy groups -OCH3 is 1. The topological polar surface area (TPSA) is 35.0 Å². The van der Waals surface area contributed by atoms with E-state index < -0.39 is 0 Å². The van der Waals surface area contributed by atoms with Crippen LogP contribution in [0, 0.1) is 0 Å². The van der Waals surface area contributed by atoms with Gasteiger partial charge in [0, 0.05) is 17.7 Å². The Morgan fingerprint density at radius 3 is 2.77 bits per heavy atom. The number of hydrogen-bond acceptors (Lipinski definition) is 3. The van der Waals surface area contributed by atoms with Gasteiger partial charge < -0.3 is 4.74 Å². The first-order valence-electron chi connectivity index (χ1n) is 4.75. The summed E-state index contributed by atoms with van der Waals surface area (Å²) in [5.74, 6) is 2.27. The summed E-state index contributed by atoms with van der Waals surface area (Å²) in [6.07, 6.45) is 3.41. The fourth-order valence-electron chi connectivity index (χ4n) is 1.30. The molecule has 0 amide bonds. The molecule has 0 saturated heterocycles. The number of aromatic nitrogens is 2. The lowest BCUT2D eigenvalue weighted by molar-refractivity contribution is 0.393. The molecule has 0 N–H and O–H groups in total. The van der Waals surface area contributed by atoms with Crippen molar-refractivity contribution in [2.45, 2.75) is 32.1 Å². The minimum atomic E-state index is 0.598. The molecule has 0 bridgehead atoms. The van der Waals surface area contributed by atoms with Gasteiger partial charge in [0.05, 0.1) is 7.11 Å². The van der Waals surface area contributed by atoms with Gasteiger partial charge in [-0.05, 0) is 19.3 Å². The van der Waals surface area contributed by atoms with Gasteiger partial charge in [-0.15, -0.1) is 0 Å². The molecule has 1 aromatic rings. The zero-order valence-electron chi connectivity index (χ0n) is 8.08. The minimum absolute atomic E-state index is 0.598. The van der Waals surface area contributed by atoms with Crippen molar-refractivity contribution in [3.8, 4) is 5.88 Å². The summed E-state index contributed by atoms with van der Waals surface area (Å²) in [5.41, 5.74) is 1.08. The second-order valence-corrected chi connectivity index (χ2v) is 3.39. The third-order valence-electron chi connectivity index (χ3n) is 2.29. The number of aryl methyl sites for hydroxylation is 1. The fourth-order valence-corrected chi connectivity index (χ4v) is 1.30. The van der Waals surface area contributed by atoms with E-state index in [1.54, 1.807) is 7.11 Å². The molecule has 0 aromatic carbocycles. The normalized spacial score (nSPS) is 15.8. The lowest BCUT2D eigenvalue weighted by atomic mass is 10.3. The van der Waals surface area contributed by atoms with Gasteiger partial charge in [0.2, 0.25) is 5.88 Å². The van der Waals surface area contributed by atoms with E-state index in [0.29, 0.717) is 11.8 Å². The Hall–Kier alpha value is -1.12. The summed E-state index contributed by atoms with van der Waals surface area (Å²) in [4.78, 5) is 8.80. The summed E-state index contributed by atoms with van der Waals surface area (Å²) in [6.45, 7) is 2.10. The largest absolute Gasteiger partial charge is 0.481 e. The second-order valence-electron chi connectivity index (χ2n) is 3.39. The van der Waals surface area contributed by atoms with E-state index in [1.165, 1.54) is 12.8 Å². The number of nitrogens with zero attached hydrogens (tertiary/aromatic N) is 2. The van der Waals surface area contributed by atoms with Crippen molar-refractivity contribution >= 4 is 0 Å². The molecule has 2 rings (SSSR count). The molecule has 70 valence electrons. The molecule has 0 unspecified atom stereocenters. The number of hydrogen-bond donors (Lipinski definition) is 0. The van der Waals surface area contributed by atoms with Gasteiger partial charge in [0.1, 0.15) is 5.82 Å². The average Bonchev–Trinajstić information content (AvgIpc) is 3.00. The van der Waals surface area contributed by atoms with Crippen LogP contribution in [0.15, 0.2) is 6.07 Å². The molecule has 1 aliphatic carbocycles. The Balaban J connectivity index is 2.33. The lowest BCUT2D eigenvalue weighted by Crippen LogP contribution is -1.99. The van der Waals surface area contributed by atoms with Crippen molar-refractivity contribution in [1.29, 1.82) is 0 Å². The van der Waals surface area contributed by atoms with Crippen LogP contribution < -0.4 is 4.74 Å². The predicted octanol–water partition coefficient (Wildman–Crippen LogP) is 1.92. The smallest absolute Gasteiger partial charge is 0.216 e. The highest BCUT2D eigenvalue weighted by Crippen LogP contribution is 2.38. The summed E-state index contributed by atoms with van der Waals surface area (Å²) in [5, 5.41) is 0. The molecule has 1 aromatic heterocycles. The maximum atomic E-state index is 5.12. The predicted molar refractivity (Wildman–Crippen MR) is 49.9 cm³/mol. The Kier molecular flexibility index (Phi) is 2.17. The summed E-state index contributed by atoms with van der Waals surface area (Å²) in [7, 11) is 1.65. The number of ether oxygens (including phenoxy) is 1. The molecular formula is C10H14N2O. The van der Waals surface area contributed by atoms with E-state index in [-0.39, 0.29) is 0 Å². The molecule has 3 nitrogen and oxygen atoms in total. The zero-order chi connectivity index (χ0) is 9.26. The van der Waals surface area contributed by atoms with E-state index in [0.717, 1.165) is 17.9 Å². The van der Waals surface area contributed by atoms with Gasteiger partial charge >= 0.3 is 0 Å². The van der Waals surface area contributed by atoms with Crippen molar-refractivity contribution in [3.63, 3.8) is 0 Å². The molecule has 13 heavy (non-hydrogen) atoms. The maximum Gasteiger partial charge on any atom is 0.216 e. The Bertz CT molecular complexity index is 286. The molecule has 1 fully saturated rings. The van der Waals surface area contributed by atoms with Gasteiger partial charge in [-0.2, -0.15) is 4.98 Å². The van der Waals surface area contributed by atoms with Crippen LogP contribution in [-0.2, 0) is 6.42 Å². The minimum Gasteiger partial charge on any atom is -0.481 e. The summed E-state index contributed by atoms with van der Waals surface area (Å²) in [6, 6.07) is 1.91. The van der Waals surface area contributed by atoms with Crippen molar-refractivity contribution in [2.75, 3.05) is 7.11 Å². The Morgan fingerprint density at radius 1 is 1.46 bits per heavy atom. The van der Waals surface area contributed by atoms with E-state index >= 15 is 0 Å². The first-order chi connectivity index (χ1) is 6.33. The van der Waals surface area contributed by atoms with Gasteiger partial charge in [-0.3, -0.25) is 0 Å². The summed E-state index contributed by atoms with van der Waals surface area (Å²) >= 11 is 0. The molecule has 0 atom stereocenters. The van der Waals surface area contributed by atoms with Gasteiger partial charge in [0.25, 0.3) is 0 Å². The highest BCUT2D eigenvalue weighted by Gasteiger charge is 2.27. The summed E-state index contributed by atoms with van der Waals surface area (Å²) < 4.78 is 5.12. The maximum absolute atomic E-state index is 5.12. The highest BCUT2D eigenvalue weighted by molar-refractivity contribution is 5.19. The quantitative estimate of drug-likeness (QED) is 0.709. The molecular weight excluding hydrogens is 164 g/mol. The van der Waals surface area contributed by atoms with E-state index in [9.17, 15) is 0 Å². The highest BCUT2D eigenvalue weighted by atomic mass is 16.5. The van der Waals surface area contributed by atoms with Crippen molar-refractivity contribution in [1.82, 2.24) is 9.97 Å². The van der Waals surface area contributed by atoms with Crippen LogP contribution in [0.1, 0.15) is 37.2 Å². The second kappa shape index (κ2) is 3.32. The van der Waals surface area contributed by atoms with Crippen LogP contribution in [-0.4, -0.2) is 17.1 Å². The first kappa shape index (κ1) is 8.48. The van der Waals surface area contributed by atoms with Crippen LogP contribution >= 0.6 is 0 Å². The van der Waals surface area contributed by atoms with E-state index in [2.05, 4.69) is 16.9 Å². The molecule has 1 aliphatic rings. The van der Waals surface area contributed by atoms with Crippen LogP contribution in [0.25, 0.3) is 0 Å². The Morgan fingerprint density at radius 2 is 2.23 bits per heavy atom. The van der Waals surface area contributed by atoms with Crippen LogP contribution in [0.2, 0.25) is 0 Å². The third kappa shape index (κ3) is 1.79. The third-order valence-corrected chi connectivity index (χ3v) is 2.29. The average molecular weight is 178 g/mol. The van der Waals surface area contributed by atoms with Gasteiger partial charge in [0.15, 0.2) is 0 Å². The van der Waals surface area contributed by atoms with Gasteiger partial charge in [-0.1, -0.05) is 6.92 Å². The van der Waals surface area contributed by atoms with Crippen LogP contribution in [0.5, 0.6) is 5.88 Å². The molecule has 0 spiro atoms. The standard InChI is InChI=1S/C10H14N2O/c1-3-8-6-9(13-2)12-10(11-8)7-4-5-7/h6-7H,3-5H2,1-2H3. The first-order valence-corrected chi connectivity index (χ1v) is 4.75. The van der Waals surface area contributed by atoms with Crippen LogP contribution in [0.3, 0.4) is 0 Å². The number of rotatable bonds is 3. The van der Waals surface area contributed by atoms with E-state index in [1.807, 2.05) is 6.07 Å². The monoisotopic (exact) mass is 178 g/mol. The molecule has 1 heterocycles. The molecule has 0 aliphatic heterocycles. The molecule has 1 saturated carbocycles. The Labute approximate surface area is 78.2 Å². The molecule has 0 radical (unpaired) electrons.